The van der Waals surface area contributed by atoms with E-state index in [1.807, 2.05) is 37.3 Å². The van der Waals surface area contributed by atoms with Crippen LogP contribution in [0.15, 0.2) is 39.9 Å². The first-order valence-electron chi connectivity index (χ1n) is 10.1. The predicted molar refractivity (Wildman–Crippen MR) is 120 cm³/mol. The molecule has 3 rings (SSSR count). The lowest BCUT2D eigenvalue weighted by Crippen LogP contribution is -2.42. The Morgan fingerprint density at radius 2 is 1.93 bits per heavy atom. The number of fused-ring (bicyclic) bond motifs is 1. The number of carbonyl (C=O) groups excluding carboxylic acids is 1. The van der Waals surface area contributed by atoms with Gasteiger partial charge in [0.25, 0.3) is 5.56 Å². The average molecular weight is 430 g/mol. The number of nitrogens with zero attached hydrogens (tertiary/aromatic N) is 2. The third kappa shape index (κ3) is 4.11. The Bertz CT molecular complexity index is 1160. The van der Waals surface area contributed by atoms with Crippen molar-refractivity contribution in [1.29, 1.82) is 0 Å². The molecule has 160 valence electrons. The summed E-state index contributed by atoms with van der Waals surface area (Å²) < 4.78 is 8.03. The van der Waals surface area contributed by atoms with Crippen LogP contribution in [-0.2, 0) is 17.7 Å². The first-order valence-corrected chi connectivity index (χ1v) is 10.9. The lowest BCUT2D eigenvalue weighted by molar-refractivity contribution is 0.0531. The van der Waals surface area contributed by atoms with Crippen LogP contribution in [0.25, 0.3) is 10.2 Å². The molecule has 3 aromatic rings. The van der Waals surface area contributed by atoms with Crippen LogP contribution in [0, 0.1) is 6.92 Å². The van der Waals surface area contributed by atoms with E-state index in [2.05, 4.69) is 0 Å². The van der Waals surface area contributed by atoms with Crippen molar-refractivity contribution in [3.8, 4) is 0 Å². The quantitative estimate of drug-likeness (QED) is 0.556. The van der Waals surface area contributed by atoms with Crippen molar-refractivity contribution in [2.75, 3.05) is 13.2 Å². The van der Waals surface area contributed by atoms with E-state index in [9.17, 15) is 14.4 Å². The largest absolute Gasteiger partial charge is 0.462 e. The summed E-state index contributed by atoms with van der Waals surface area (Å²) in [4.78, 5) is 39.9. The SMILES string of the molecule is CCOC(=O)c1sc2c(c1C)c(=O)n(C(C)CCN)c(=O)n2CCc1ccccc1. The maximum atomic E-state index is 13.3. The van der Waals surface area contributed by atoms with Gasteiger partial charge in [-0.2, -0.15) is 0 Å². The fourth-order valence-corrected chi connectivity index (χ4v) is 4.81. The Hall–Kier alpha value is -2.71. The van der Waals surface area contributed by atoms with E-state index >= 15 is 0 Å². The summed E-state index contributed by atoms with van der Waals surface area (Å²) in [5.41, 5.74) is 6.57. The molecule has 2 aromatic heterocycles. The third-order valence-corrected chi connectivity index (χ3v) is 6.49. The lowest BCUT2D eigenvalue weighted by atomic mass is 10.1. The van der Waals surface area contributed by atoms with Crippen molar-refractivity contribution < 1.29 is 9.53 Å². The van der Waals surface area contributed by atoms with Crippen LogP contribution in [0.3, 0.4) is 0 Å². The van der Waals surface area contributed by atoms with Crippen molar-refractivity contribution in [2.24, 2.45) is 5.73 Å². The topological polar surface area (TPSA) is 96.3 Å². The molecule has 1 atom stereocenters. The number of aromatic nitrogens is 2. The van der Waals surface area contributed by atoms with Crippen molar-refractivity contribution in [3.05, 3.63) is 67.2 Å². The summed E-state index contributed by atoms with van der Waals surface area (Å²) in [6.45, 7) is 6.29. The lowest BCUT2D eigenvalue weighted by Gasteiger charge is -2.17. The molecule has 1 unspecified atom stereocenters. The molecule has 0 spiro atoms. The number of carbonyl (C=O) groups is 1. The summed E-state index contributed by atoms with van der Waals surface area (Å²) in [6, 6.07) is 9.50. The van der Waals surface area contributed by atoms with Crippen LogP contribution in [0.2, 0.25) is 0 Å². The van der Waals surface area contributed by atoms with Gasteiger partial charge in [-0.15, -0.1) is 11.3 Å². The second kappa shape index (κ2) is 9.40. The van der Waals surface area contributed by atoms with Gasteiger partial charge < -0.3 is 10.5 Å². The molecule has 0 bridgehead atoms. The number of esters is 1. The van der Waals surface area contributed by atoms with Gasteiger partial charge >= 0.3 is 11.7 Å². The highest BCUT2D eigenvalue weighted by molar-refractivity contribution is 7.20. The maximum Gasteiger partial charge on any atom is 0.348 e. The summed E-state index contributed by atoms with van der Waals surface area (Å²) in [7, 11) is 0. The zero-order chi connectivity index (χ0) is 21.8. The molecule has 7 nitrogen and oxygen atoms in total. The van der Waals surface area contributed by atoms with Crippen LogP contribution >= 0.6 is 11.3 Å². The van der Waals surface area contributed by atoms with Crippen molar-refractivity contribution in [3.63, 3.8) is 0 Å². The van der Waals surface area contributed by atoms with Gasteiger partial charge in [0.1, 0.15) is 9.71 Å². The molecule has 0 aliphatic carbocycles. The van der Waals surface area contributed by atoms with Gasteiger partial charge in [0, 0.05) is 12.6 Å². The van der Waals surface area contributed by atoms with Gasteiger partial charge in [0.15, 0.2) is 0 Å². The minimum Gasteiger partial charge on any atom is -0.462 e. The summed E-state index contributed by atoms with van der Waals surface area (Å²) in [5, 5.41) is 0.402. The second-order valence-electron chi connectivity index (χ2n) is 7.23. The van der Waals surface area contributed by atoms with Crippen LogP contribution < -0.4 is 17.0 Å². The van der Waals surface area contributed by atoms with Gasteiger partial charge in [-0.25, -0.2) is 9.59 Å². The molecule has 30 heavy (non-hydrogen) atoms. The molecule has 0 saturated heterocycles. The van der Waals surface area contributed by atoms with Crippen LogP contribution in [-0.4, -0.2) is 28.3 Å². The molecule has 1 aromatic carbocycles. The van der Waals surface area contributed by atoms with E-state index in [0.29, 0.717) is 46.6 Å². The highest BCUT2D eigenvalue weighted by Gasteiger charge is 2.25. The Morgan fingerprint density at radius 3 is 2.57 bits per heavy atom. The number of hydrogen-bond donors (Lipinski definition) is 1. The first kappa shape index (κ1) is 22.0. The Morgan fingerprint density at radius 1 is 1.23 bits per heavy atom. The van der Waals surface area contributed by atoms with Gasteiger partial charge in [-0.1, -0.05) is 30.3 Å². The van der Waals surface area contributed by atoms with Gasteiger partial charge in [-0.3, -0.25) is 13.9 Å². The van der Waals surface area contributed by atoms with E-state index in [1.54, 1.807) is 18.4 Å². The van der Waals surface area contributed by atoms with E-state index in [4.69, 9.17) is 10.5 Å². The van der Waals surface area contributed by atoms with Crippen LogP contribution in [0.4, 0.5) is 0 Å². The molecule has 2 heterocycles. The molecule has 0 amide bonds. The number of hydrogen-bond acceptors (Lipinski definition) is 6. The fourth-order valence-electron chi connectivity index (χ4n) is 3.60. The zero-order valence-electron chi connectivity index (χ0n) is 17.5. The molecular formula is C22H27N3O4S. The van der Waals surface area contributed by atoms with Crippen molar-refractivity contribution in [1.82, 2.24) is 9.13 Å². The number of nitrogens with two attached hydrogens (primary N) is 1. The number of ether oxygens (including phenoxy) is 1. The highest BCUT2D eigenvalue weighted by Crippen LogP contribution is 2.29. The summed E-state index contributed by atoms with van der Waals surface area (Å²) >= 11 is 1.15. The summed E-state index contributed by atoms with van der Waals surface area (Å²) in [5.74, 6) is -0.473. The second-order valence-corrected chi connectivity index (χ2v) is 8.23. The summed E-state index contributed by atoms with van der Waals surface area (Å²) in [6.07, 6.45) is 1.14. The number of aryl methyl sites for hydroxylation is 3. The molecule has 0 aliphatic rings. The number of thiophene rings is 1. The van der Waals surface area contributed by atoms with Gasteiger partial charge in [-0.05, 0) is 51.3 Å². The number of rotatable bonds is 8. The molecule has 2 N–H and O–H groups in total. The Kier molecular flexibility index (Phi) is 6.89. The number of benzene rings is 1. The van der Waals surface area contributed by atoms with Crippen LogP contribution in [0.5, 0.6) is 0 Å². The molecule has 8 heteroatoms. The molecule has 0 saturated carbocycles. The van der Waals surface area contributed by atoms with Crippen molar-refractivity contribution >= 4 is 27.5 Å². The minimum atomic E-state index is -0.473. The molecule has 0 aliphatic heterocycles. The van der Waals surface area contributed by atoms with E-state index < -0.39 is 5.97 Å². The minimum absolute atomic E-state index is 0.241. The Balaban J connectivity index is 2.23. The van der Waals surface area contributed by atoms with Gasteiger partial charge in [0.2, 0.25) is 0 Å². The fraction of sp³-hybridized carbons (Fsp3) is 0.409. The monoisotopic (exact) mass is 429 g/mol. The van der Waals surface area contributed by atoms with E-state index in [0.717, 1.165) is 16.9 Å². The van der Waals surface area contributed by atoms with Crippen molar-refractivity contribution in [2.45, 2.75) is 46.2 Å². The zero-order valence-corrected chi connectivity index (χ0v) is 18.3. The van der Waals surface area contributed by atoms with E-state index in [-0.39, 0.29) is 23.9 Å². The average Bonchev–Trinajstić information content (AvgIpc) is 3.06. The molecule has 0 fully saturated rings. The Labute approximate surface area is 178 Å². The molecule has 0 radical (unpaired) electrons. The molecular weight excluding hydrogens is 402 g/mol. The standard InChI is InChI=1S/C22H27N3O4S/c1-4-29-21(27)18-15(3)17-19(26)25(14(2)10-12-23)22(28)24(20(17)30-18)13-11-16-8-6-5-7-9-16/h5-9,14H,4,10-13,23H2,1-3H3. The predicted octanol–water partition coefficient (Wildman–Crippen LogP) is 2.86. The normalized spacial score (nSPS) is 12.3. The van der Waals surface area contributed by atoms with Crippen LogP contribution in [0.1, 0.15) is 47.1 Å². The third-order valence-electron chi connectivity index (χ3n) is 5.20. The first-order chi connectivity index (χ1) is 14.4. The smallest absolute Gasteiger partial charge is 0.348 e. The maximum absolute atomic E-state index is 13.3. The highest BCUT2D eigenvalue weighted by atomic mass is 32.1. The van der Waals surface area contributed by atoms with Gasteiger partial charge in [0.05, 0.1) is 12.0 Å². The van der Waals surface area contributed by atoms with E-state index in [1.165, 1.54) is 4.57 Å².